The molecule has 1 aliphatic heterocycles. The van der Waals surface area contributed by atoms with E-state index in [0.717, 1.165) is 37.0 Å². The smallest absolute Gasteiger partial charge is 0.352 e. The van der Waals surface area contributed by atoms with E-state index in [1.807, 2.05) is 24.3 Å². The number of carboxylic acids is 1. The fraction of sp³-hybridized carbons (Fsp3) is 0.500. The number of H-pyrrole nitrogens is 1. The minimum absolute atomic E-state index is 0.0787. The van der Waals surface area contributed by atoms with Gasteiger partial charge >= 0.3 is 5.97 Å². The molecule has 1 fully saturated rings. The van der Waals surface area contributed by atoms with Gasteiger partial charge in [-0.3, -0.25) is 4.79 Å². The van der Waals surface area contributed by atoms with Crippen molar-refractivity contribution in [3.8, 4) is 0 Å². The second-order valence-corrected chi connectivity index (χ2v) is 6.97. The highest BCUT2D eigenvalue weighted by atomic mass is 16.4. The van der Waals surface area contributed by atoms with Crippen LogP contribution in [-0.2, 0) is 11.2 Å². The van der Waals surface area contributed by atoms with Crippen LogP contribution < -0.4 is 5.32 Å². The van der Waals surface area contributed by atoms with Gasteiger partial charge in [-0.05, 0) is 45.0 Å². The van der Waals surface area contributed by atoms with Crippen molar-refractivity contribution in [2.45, 2.75) is 38.5 Å². The van der Waals surface area contributed by atoms with E-state index in [2.05, 4.69) is 15.2 Å². The molecule has 1 aliphatic rings. The van der Waals surface area contributed by atoms with Crippen molar-refractivity contribution >= 4 is 22.8 Å². The van der Waals surface area contributed by atoms with Gasteiger partial charge in [-0.2, -0.15) is 0 Å². The lowest BCUT2D eigenvalue weighted by molar-refractivity contribution is -0.120. The number of carboxylic acid groups (broad SMARTS) is 1. The van der Waals surface area contributed by atoms with E-state index >= 15 is 0 Å². The van der Waals surface area contributed by atoms with Crippen LogP contribution in [0.1, 0.15) is 48.2 Å². The van der Waals surface area contributed by atoms with Gasteiger partial charge in [-0.1, -0.05) is 31.0 Å². The Balaban J connectivity index is 1.52. The van der Waals surface area contributed by atoms with Gasteiger partial charge in [0.25, 0.3) is 0 Å². The lowest BCUT2D eigenvalue weighted by atomic mass is 10.1. The number of nitrogens with zero attached hydrogens (tertiary/aromatic N) is 1. The number of fused-ring (bicyclic) bond motifs is 1. The molecule has 0 aliphatic carbocycles. The predicted molar refractivity (Wildman–Crippen MR) is 101 cm³/mol. The topological polar surface area (TPSA) is 85.4 Å². The molecule has 3 N–H and O–H groups in total. The Kier molecular flexibility index (Phi) is 6.28. The highest BCUT2D eigenvalue weighted by Gasteiger charge is 2.19. The SMILES string of the molecule is O=C(Cc1c(C(=O)O)[nH]c2ccccc12)NCCCN1CCCCCC1. The summed E-state index contributed by atoms with van der Waals surface area (Å²) in [7, 11) is 0. The average Bonchev–Trinajstić information content (AvgIpc) is 2.80. The normalized spacial score (nSPS) is 15.7. The fourth-order valence-corrected chi connectivity index (χ4v) is 3.68. The van der Waals surface area contributed by atoms with Gasteiger partial charge in [0.15, 0.2) is 0 Å². The summed E-state index contributed by atoms with van der Waals surface area (Å²) in [5.41, 5.74) is 1.40. The molecule has 140 valence electrons. The van der Waals surface area contributed by atoms with E-state index in [0.29, 0.717) is 12.1 Å². The van der Waals surface area contributed by atoms with E-state index in [4.69, 9.17) is 0 Å². The Bertz CT molecular complexity index is 761. The first-order valence-electron chi connectivity index (χ1n) is 9.47. The number of nitrogens with one attached hydrogen (secondary N) is 2. The van der Waals surface area contributed by atoms with Gasteiger partial charge in [0.05, 0.1) is 6.42 Å². The average molecular weight is 357 g/mol. The first-order chi connectivity index (χ1) is 12.6. The Morgan fingerprint density at radius 1 is 1.12 bits per heavy atom. The van der Waals surface area contributed by atoms with Crippen LogP contribution in [0.5, 0.6) is 0 Å². The van der Waals surface area contributed by atoms with Crippen LogP contribution in [0.15, 0.2) is 24.3 Å². The van der Waals surface area contributed by atoms with Crippen molar-refractivity contribution < 1.29 is 14.7 Å². The van der Waals surface area contributed by atoms with Crippen molar-refractivity contribution in [1.82, 2.24) is 15.2 Å². The van der Waals surface area contributed by atoms with Gasteiger partial charge in [0.1, 0.15) is 5.69 Å². The maximum absolute atomic E-state index is 12.3. The van der Waals surface area contributed by atoms with Crippen LogP contribution in [0.4, 0.5) is 0 Å². The summed E-state index contributed by atoms with van der Waals surface area (Å²) in [6.45, 7) is 3.95. The molecule has 2 heterocycles. The molecule has 3 rings (SSSR count). The third-order valence-electron chi connectivity index (χ3n) is 5.04. The number of carbonyl (C=O) groups excluding carboxylic acids is 1. The number of benzene rings is 1. The molecule has 1 amide bonds. The summed E-state index contributed by atoms with van der Waals surface area (Å²) < 4.78 is 0. The van der Waals surface area contributed by atoms with Gasteiger partial charge < -0.3 is 20.3 Å². The van der Waals surface area contributed by atoms with Crippen LogP contribution in [0.3, 0.4) is 0 Å². The van der Waals surface area contributed by atoms with Gasteiger partial charge in [-0.15, -0.1) is 0 Å². The summed E-state index contributed by atoms with van der Waals surface area (Å²) in [5.74, 6) is -1.17. The number of rotatable bonds is 7. The molecule has 0 spiro atoms. The highest BCUT2D eigenvalue weighted by Crippen LogP contribution is 2.23. The standard InChI is InChI=1S/C20H27N3O3/c24-18(21-10-7-13-23-11-5-1-2-6-12-23)14-16-15-8-3-4-9-17(15)22-19(16)20(25)26/h3-4,8-9,22H,1-2,5-7,10-14H2,(H,21,24)(H,25,26). The molecule has 1 saturated heterocycles. The largest absolute Gasteiger partial charge is 0.477 e. The van der Waals surface area contributed by atoms with E-state index in [-0.39, 0.29) is 18.0 Å². The van der Waals surface area contributed by atoms with E-state index < -0.39 is 5.97 Å². The van der Waals surface area contributed by atoms with Crippen LogP contribution in [0.2, 0.25) is 0 Å². The molecule has 0 saturated carbocycles. The van der Waals surface area contributed by atoms with Gasteiger partial charge in [-0.25, -0.2) is 4.79 Å². The molecule has 0 bridgehead atoms. The number of hydrogen-bond donors (Lipinski definition) is 3. The zero-order chi connectivity index (χ0) is 18.4. The van der Waals surface area contributed by atoms with Crippen molar-refractivity contribution in [3.63, 3.8) is 0 Å². The third-order valence-corrected chi connectivity index (χ3v) is 5.04. The second kappa shape index (κ2) is 8.85. The molecule has 2 aromatic rings. The molecule has 0 atom stereocenters. The Morgan fingerprint density at radius 2 is 1.85 bits per heavy atom. The highest BCUT2D eigenvalue weighted by molar-refractivity contribution is 5.99. The van der Waals surface area contributed by atoms with Crippen molar-refractivity contribution in [2.75, 3.05) is 26.2 Å². The molecule has 1 aromatic carbocycles. The van der Waals surface area contributed by atoms with E-state index in [1.54, 1.807) is 0 Å². The lowest BCUT2D eigenvalue weighted by Gasteiger charge is -2.19. The summed E-state index contributed by atoms with van der Waals surface area (Å²) >= 11 is 0. The molecule has 26 heavy (non-hydrogen) atoms. The summed E-state index contributed by atoms with van der Waals surface area (Å²) in [5, 5.41) is 13.1. The van der Waals surface area contributed by atoms with E-state index in [1.165, 1.54) is 25.7 Å². The predicted octanol–water partition coefficient (Wildman–Crippen LogP) is 2.79. The van der Waals surface area contributed by atoms with E-state index in [9.17, 15) is 14.7 Å². The van der Waals surface area contributed by atoms with Crippen LogP contribution in [0, 0.1) is 0 Å². The third kappa shape index (κ3) is 4.64. The maximum Gasteiger partial charge on any atom is 0.352 e. The quantitative estimate of drug-likeness (QED) is 0.665. The van der Waals surface area contributed by atoms with Gasteiger partial charge in [0.2, 0.25) is 5.91 Å². The first kappa shape index (κ1) is 18.5. The number of aromatic nitrogens is 1. The molecular weight excluding hydrogens is 330 g/mol. The minimum Gasteiger partial charge on any atom is -0.477 e. The zero-order valence-electron chi connectivity index (χ0n) is 15.1. The lowest BCUT2D eigenvalue weighted by Crippen LogP contribution is -2.31. The minimum atomic E-state index is -1.04. The number of aromatic carboxylic acids is 1. The van der Waals surface area contributed by atoms with Crippen LogP contribution in [-0.4, -0.2) is 53.0 Å². The Morgan fingerprint density at radius 3 is 2.58 bits per heavy atom. The number of amides is 1. The summed E-state index contributed by atoms with van der Waals surface area (Å²) in [6, 6.07) is 7.37. The Labute approximate surface area is 153 Å². The zero-order valence-corrected chi connectivity index (χ0v) is 15.1. The molecule has 6 nitrogen and oxygen atoms in total. The second-order valence-electron chi connectivity index (χ2n) is 6.97. The molecular formula is C20H27N3O3. The number of aromatic amines is 1. The van der Waals surface area contributed by atoms with Crippen molar-refractivity contribution in [1.29, 1.82) is 0 Å². The number of likely N-dealkylation sites (tertiary alicyclic amines) is 1. The molecule has 0 unspecified atom stereocenters. The number of para-hydroxylation sites is 1. The monoisotopic (exact) mass is 357 g/mol. The van der Waals surface area contributed by atoms with Crippen LogP contribution in [0.25, 0.3) is 10.9 Å². The molecule has 6 heteroatoms. The maximum atomic E-state index is 12.3. The van der Waals surface area contributed by atoms with Crippen molar-refractivity contribution in [3.05, 3.63) is 35.5 Å². The van der Waals surface area contributed by atoms with Gasteiger partial charge in [0, 0.05) is 23.0 Å². The summed E-state index contributed by atoms with van der Waals surface area (Å²) in [6.07, 6.45) is 6.18. The summed E-state index contributed by atoms with van der Waals surface area (Å²) in [4.78, 5) is 29.1. The molecule has 0 radical (unpaired) electrons. The van der Waals surface area contributed by atoms with Crippen molar-refractivity contribution in [2.24, 2.45) is 0 Å². The number of hydrogen-bond acceptors (Lipinski definition) is 3. The fourth-order valence-electron chi connectivity index (χ4n) is 3.68. The first-order valence-corrected chi connectivity index (χ1v) is 9.47. The number of carbonyl (C=O) groups is 2. The Hall–Kier alpha value is -2.34. The van der Waals surface area contributed by atoms with Crippen LogP contribution >= 0.6 is 0 Å². The molecule has 1 aromatic heterocycles.